The number of nitro groups is 1. The lowest BCUT2D eigenvalue weighted by atomic mass is 9.99. The molecule has 3 aromatic carbocycles. The molecule has 1 amide bonds. The van der Waals surface area contributed by atoms with Crippen molar-refractivity contribution < 1.29 is 14.1 Å². The molecule has 0 saturated heterocycles. The fourth-order valence-corrected chi connectivity index (χ4v) is 3.53. The van der Waals surface area contributed by atoms with Crippen LogP contribution in [0.15, 0.2) is 66.7 Å². The topological polar surface area (TPSA) is 85.1 Å². The highest BCUT2D eigenvalue weighted by Gasteiger charge is 2.18. The van der Waals surface area contributed by atoms with Crippen molar-refractivity contribution in [1.82, 2.24) is 4.98 Å². The van der Waals surface area contributed by atoms with Gasteiger partial charge in [0, 0.05) is 22.7 Å². The van der Waals surface area contributed by atoms with Crippen LogP contribution in [0, 0.1) is 29.8 Å². The molecule has 0 bridgehead atoms. The minimum absolute atomic E-state index is 0.132. The van der Waals surface area contributed by atoms with Crippen molar-refractivity contribution in [2.45, 2.75) is 13.8 Å². The first-order chi connectivity index (χ1) is 14.8. The molecule has 0 aliphatic carbocycles. The van der Waals surface area contributed by atoms with Gasteiger partial charge >= 0.3 is 5.69 Å². The third kappa shape index (κ3) is 3.98. The van der Waals surface area contributed by atoms with E-state index in [1.165, 1.54) is 6.07 Å². The van der Waals surface area contributed by atoms with Gasteiger partial charge in [-0.05, 0) is 43.7 Å². The maximum absolute atomic E-state index is 13.6. The van der Waals surface area contributed by atoms with Crippen LogP contribution in [0.3, 0.4) is 0 Å². The fraction of sp³-hybridized carbons (Fsp3) is 0.0833. The standard InChI is InChI=1S/C24H18FN3O3/c1-14-7-9-17(15(2)11-14)22-13-19(18-5-3-4-6-21(18)27-22)24(29)26-16-8-10-20(25)23(12-16)28(30)31/h3-13H,1-2H3,(H,26,29). The largest absolute Gasteiger partial charge is 0.322 e. The van der Waals surface area contributed by atoms with E-state index in [-0.39, 0.29) is 5.69 Å². The van der Waals surface area contributed by atoms with Gasteiger partial charge in [0.05, 0.1) is 21.7 Å². The highest BCUT2D eigenvalue weighted by molar-refractivity contribution is 6.13. The van der Waals surface area contributed by atoms with E-state index in [9.17, 15) is 19.3 Å². The number of halogens is 1. The third-order valence-electron chi connectivity index (χ3n) is 5.02. The van der Waals surface area contributed by atoms with Gasteiger partial charge in [0.2, 0.25) is 5.82 Å². The Kier molecular flexibility index (Phi) is 5.17. The summed E-state index contributed by atoms with van der Waals surface area (Å²) in [7, 11) is 0. The average molecular weight is 415 g/mol. The minimum atomic E-state index is -0.963. The molecule has 0 saturated carbocycles. The normalized spacial score (nSPS) is 10.8. The number of nitro benzene ring substituents is 1. The summed E-state index contributed by atoms with van der Waals surface area (Å²) >= 11 is 0. The fourth-order valence-electron chi connectivity index (χ4n) is 3.53. The number of pyridine rings is 1. The molecule has 1 heterocycles. The van der Waals surface area contributed by atoms with E-state index in [4.69, 9.17) is 4.98 Å². The lowest BCUT2D eigenvalue weighted by molar-refractivity contribution is -0.387. The Morgan fingerprint density at radius 3 is 2.55 bits per heavy atom. The Morgan fingerprint density at radius 1 is 1.03 bits per heavy atom. The summed E-state index contributed by atoms with van der Waals surface area (Å²) in [5.74, 6) is -1.43. The van der Waals surface area contributed by atoms with Crippen molar-refractivity contribution in [3.05, 3.63) is 99.4 Å². The molecule has 4 rings (SSSR count). The predicted octanol–water partition coefficient (Wildman–Crippen LogP) is 5.82. The molecule has 4 aromatic rings. The van der Waals surface area contributed by atoms with Crippen LogP contribution < -0.4 is 5.32 Å². The molecule has 0 unspecified atom stereocenters. The van der Waals surface area contributed by atoms with Crippen LogP contribution in [-0.2, 0) is 0 Å². The molecule has 0 aliphatic rings. The Balaban J connectivity index is 1.80. The van der Waals surface area contributed by atoms with E-state index >= 15 is 0 Å². The number of amides is 1. The van der Waals surface area contributed by atoms with Crippen molar-refractivity contribution in [1.29, 1.82) is 0 Å². The van der Waals surface area contributed by atoms with Crippen molar-refractivity contribution >= 4 is 28.2 Å². The van der Waals surface area contributed by atoms with E-state index in [1.54, 1.807) is 18.2 Å². The Labute approximate surface area is 177 Å². The van der Waals surface area contributed by atoms with Crippen LogP contribution in [0.4, 0.5) is 15.8 Å². The molecule has 0 spiro atoms. The number of nitrogens with one attached hydrogen (secondary N) is 1. The lowest BCUT2D eigenvalue weighted by Gasteiger charge is -2.12. The molecular weight excluding hydrogens is 397 g/mol. The summed E-state index contributed by atoms with van der Waals surface area (Å²) in [6, 6.07) is 18.2. The van der Waals surface area contributed by atoms with E-state index in [0.29, 0.717) is 22.2 Å². The number of aryl methyl sites for hydroxylation is 2. The van der Waals surface area contributed by atoms with Gasteiger partial charge in [-0.3, -0.25) is 14.9 Å². The van der Waals surface area contributed by atoms with Gasteiger partial charge in [0.25, 0.3) is 5.91 Å². The first-order valence-corrected chi connectivity index (χ1v) is 9.56. The molecule has 6 nitrogen and oxygen atoms in total. The van der Waals surface area contributed by atoms with Crippen LogP contribution in [0.2, 0.25) is 0 Å². The van der Waals surface area contributed by atoms with Crippen molar-refractivity contribution in [2.75, 3.05) is 5.32 Å². The number of rotatable bonds is 4. The van der Waals surface area contributed by atoms with Gasteiger partial charge in [-0.25, -0.2) is 4.98 Å². The minimum Gasteiger partial charge on any atom is -0.322 e. The smallest absolute Gasteiger partial charge is 0.306 e. The van der Waals surface area contributed by atoms with E-state index < -0.39 is 22.3 Å². The van der Waals surface area contributed by atoms with Gasteiger partial charge in [-0.2, -0.15) is 4.39 Å². The highest BCUT2D eigenvalue weighted by atomic mass is 19.1. The molecule has 154 valence electrons. The molecular formula is C24H18FN3O3. The first kappa shape index (κ1) is 20.2. The highest BCUT2D eigenvalue weighted by Crippen LogP contribution is 2.29. The number of nitrogens with zero attached hydrogens (tertiary/aromatic N) is 2. The van der Waals surface area contributed by atoms with Crippen LogP contribution in [-0.4, -0.2) is 15.8 Å². The molecule has 0 atom stereocenters. The van der Waals surface area contributed by atoms with Gasteiger partial charge in [-0.15, -0.1) is 0 Å². The van der Waals surface area contributed by atoms with Crippen molar-refractivity contribution in [2.24, 2.45) is 0 Å². The summed E-state index contributed by atoms with van der Waals surface area (Å²) in [4.78, 5) is 28.0. The van der Waals surface area contributed by atoms with E-state index in [2.05, 4.69) is 5.32 Å². The number of fused-ring (bicyclic) bond motifs is 1. The zero-order valence-corrected chi connectivity index (χ0v) is 16.8. The zero-order valence-electron chi connectivity index (χ0n) is 16.8. The quantitative estimate of drug-likeness (QED) is 0.336. The number of benzene rings is 3. The van der Waals surface area contributed by atoms with E-state index in [1.807, 2.05) is 44.2 Å². The number of hydrogen-bond donors (Lipinski definition) is 1. The second kappa shape index (κ2) is 7.95. The molecule has 31 heavy (non-hydrogen) atoms. The maximum Gasteiger partial charge on any atom is 0.306 e. The number of carbonyl (C=O) groups excluding carboxylic acids is 1. The SMILES string of the molecule is Cc1ccc(-c2cc(C(=O)Nc3ccc(F)c([N+](=O)[O-])c3)c3ccccc3n2)c(C)c1. The number of hydrogen-bond acceptors (Lipinski definition) is 4. The monoisotopic (exact) mass is 415 g/mol. The number of anilines is 1. The van der Waals surface area contributed by atoms with Gasteiger partial charge in [0.15, 0.2) is 0 Å². The lowest BCUT2D eigenvalue weighted by Crippen LogP contribution is -2.13. The molecule has 0 fully saturated rings. The maximum atomic E-state index is 13.6. The molecule has 1 aromatic heterocycles. The first-order valence-electron chi connectivity index (χ1n) is 9.56. The van der Waals surface area contributed by atoms with E-state index in [0.717, 1.165) is 28.8 Å². The molecule has 0 aliphatic heterocycles. The number of carbonyl (C=O) groups is 1. The van der Waals surface area contributed by atoms with Gasteiger partial charge < -0.3 is 5.32 Å². The van der Waals surface area contributed by atoms with Crippen LogP contribution >= 0.6 is 0 Å². The third-order valence-corrected chi connectivity index (χ3v) is 5.02. The average Bonchev–Trinajstić information content (AvgIpc) is 2.74. The molecule has 0 radical (unpaired) electrons. The molecule has 7 heteroatoms. The number of para-hydroxylation sites is 1. The second-order valence-corrected chi connectivity index (χ2v) is 7.27. The Hall–Kier alpha value is -4.13. The zero-order chi connectivity index (χ0) is 22.1. The summed E-state index contributed by atoms with van der Waals surface area (Å²) in [6.45, 7) is 3.99. The Morgan fingerprint density at radius 2 is 1.81 bits per heavy atom. The van der Waals surface area contributed by atoms with Crippen molar-refractivity contribution in [3.8, 4) is 11.3 Å². The summed E-state index contributed by atoms with van der Waals surface area (Å²) in [6.07, 6.45) is 0. The van der Waals surface area contributed by atoms with Crippen molar-refractivity contribution in [3.63, 3.8) is 0 Å². The molecule has 1 N–H and O–H groups in total. The summed E-state index contributed by atoms with van der Waals surface area (Å²) < 4.78 is 13.6. The van der Waals surface area contributed by atoms with Crippen LogP contribution in [0.5, 0.6) is 0 Å². The Bertz CT molecular complexity index is 1350. The van der Waals surface area contributed by atoms with Gasteiger partial charge in [0.1, 0.15) is 0 Å². The second-order valence-electron chi connectivity index (χ2n) is 7.27. The van der Waals surface area contributed by atoms with Crippen LogP contribution in [0.1, 0.15) is 21.5 Å². The predicted molar refractivity (Wildman–Crippen MR) is 118 cm³/mol. The van der Waals surface area contributed by atoms with Crippen LogP contribution in [0.25, 0.3) is 22.2 Å². The summed E-state index contributed by atoms with van der Waals surface area (Å²) in [5, 5.41) is 14.3. The number of aromatic nitrogens is 1. The van der Waals surface area contributed by atoms with Gasteiger partial charge in [-0.1, -0.05) is 42.0 Å². The summed E-state index contributed by atoms with van der Waals surface area (Å²) in [5.41, 5.74) is 4.15.